The molecule has 7 heteroatoms. The fourth-order valence-corrected chi connectivity index (χ4v) is 3.09. The maximum Gasteiger partial charge on any atom is 0.201 e. The third-order valence-corrected chi connectivity index (χ3v) is 4.51. The van der Waals surface area contributed by atoms with Crippen molar-refractivity contribution >= 4 is 38.8 Å². The molecule has 3 aromatic rings. The van der Waals surface area contributed by atoms with Crippen LogP contribution in [0.5, 0.6) is 0 Å². The molecule has 0 aliphatic carbocycles. The van der Waals surface area contributed by atoms with Crippen LogP contribution in [0, 0.1) is 23.7 Å². The van der Waals surface area contributed by atoms with Gasteiger partial charge in [0.05, 0.1) is 15.9 Å². The third-order valence-electron chi connectivity index (χ3n) is 3.43. The van der Waals surface area contributed by atoms with Crippen LogP contribution in [-0.2, 0) is 0 Å². The molecule has 0 saturated heterocycles. The van der Waals surface area contributed by atoms with E-state index in [1.165, 1.54) is 0 Å². The van der Waals surface area contributed by atoms with Gasteiger partial charge in [-0.25, -0.2) is 4.98 Å². The van der Waals surface area contributed by atoms with Crippen LogP contribution in [0.4, 0.5) is 5.69 Å². The highest BCUT2D eigenvalue weighted by Crippen LogP contribution is 2.32. The van der Waals surface area contributed by atoms with E-state index >= 15 is 0 Å². The van der Waals surface area contributed by atoms with Crippen LogP contribution in [-0.4, -0.2) is 16.5 Å². The second-order valence-corrected chi connectivity index (χ2v) is 6.14. The maximum atomic E-state index is 8.91. The van der Waals surface area contributed by atoms with E-state index < -0.39 is 0 Å². The smallest absolute Gasteiger partial charge is 0.201 e. The normalized spacial score (nSPS) is 11.2. The Bertz CT molecular complexity index is 963. The van der Waals surface area contributed by atoms with E-state index in [1.54, 1.807) is 17.4 Å². The summed E-state index contributed by atoms with van der Waals surface area (Å²) in [6, 6.07) is 15.6. The number of fused-ring (bicyclic) bond motifs is 1. The van der Waals surface area contributed by atoms with Crippen molar-refractivity contribution in [3.63, 3.8) is 0 Å². The summed E-state index contributed by atoms with van der Waals surface area (Å²) in [5, 5.41) is 21.0. The van der Waals surface area contributed by atoms with Gasteiger partial charge in [0.25, 0.3) is 0 Å². The van der Waals surface area contributed by atoms with Gasteiger partial charge in [0.15, 0.2) is 5.84 Å². The number of rotatable bonds is 4. The van der Waals surface area contributed by atoms with Gasteiger partial charge in [0.1, 0.15) is 11.1 Å². The molecule has 0 radical (unpaired) electrons. The van der Waals surface area contributed by atoms with Gasteiger partial charge in [-0.15, -0.1) is 11.3 Å². The topological polar surface area (TPSA) is 111 Å². The summed E-state index contributed by atoms with van der Waals surface area (Å²) in [7, 11) is 0. The lowest BCUT2D eigenvalue weighted by atomic mass is 10.1. The van der Waals surface area contributed by atoms with Crippen LogP contribution in [0.3, 0.4) is 0 Å². The highest BCUT2D eigenvalue weighted by Gasteiger charge is 2.08. The molecule has 0 spiro atoms. The van der Waals surface area contributed by atoms with E-state index in [4.69, 9.17) is 16.4 Å². The Balaban J connectivity index is 1.97. The molecule has 0 atom stereocenters. The molecule has 118 valence electrons. The first-order chi connectivity index (χ1) is 11.6. The number of hydrogen-bond acceptors (Lipinski definition) is 6. The van der Waals surface area contributed by atoms with Crippen molar-refractivity contribution < 1.29 is 0 Å². The lowest BCUT2D eigenvalue weighted by Gasteiger charge is -2.07. The van der Waals surface area contributed by atoms with E-state index in [0.717, 1.165) is 32.0 Å². The SMILES string of the molecule is Cc1ccc(-c2nc3ccccc3s2)cc1N/N=C(\C#N)C(=N)N. The first-order valence-corrected chi connectivity index (χ1v) is 7.95. The second-order valence-electron chi connectivity index (χ2n) is 5.11. The Hall–Kier alpha value is -3.24. The molecule has 0 fully saturated rings. The zero-order chi connectivity index (χ0) is 17.1. The number of para-hydroxylation sites is 1. The van der Waals surface area contributed by atoms with E-state index in [2.05, 4.69) is 15.5 Å². The molecule has 2 aromatic carbocycles. The molecule has 0 unspecified atom stereocenters. The first-order valence-electron chi connectivity index (χ1n) is 7.13. The summed E-state index contributed by atoms with van der Waals surface area (Å²) >= 11 is 1.62. The Morgan fingerprint density at radius 1 is 1.33 bits per heavy atom. The number of nitriles is 1. The highest BCUT2D eigenvalue weighted by molar-refractivity contribution is 7.21. The molecule has 0 saturated carbocycles. The van der Waals surface area contributed by atoms with Crippen LogP contribution in [0.2, 0.25) is 0 Å². The van der Waals surface area contributed by atoms with Gasteiger partial charge in [0, 0.05) is 5.56 Å². The zero-order valence-corrected chi connectivity index (χ0v) is 13.7. The number of anilines is 1. The van der Waals surface area contributed by atoms with E-state index in [0.29, 0.717) is 0 Å². The van der Waals surface area contributed by atoms with Crippen molar-refractivity contribution in [2.75, 3.05) is 5.43 Å². The van der Waals surface area contributed by atoms with Crippen LogP contribution < -0.4 is 11.2 Å². The van der Waals surface area contributed by atoms with Crippen LogP contribution >= 0.6 is 11.3 Å². The summed E-state index contributed by atoms with van der Waals surface area (Å²) in [5.74, 6) is -0.370. The summed E-state index contributed by atoms with van der Waals surface area (Å²) in [6.07, 6.45) is 0. The quantitative estimate of drug-likeness (QED) is 0.385. The fraction of sp³-hybridized carbons (Fsp3) is 0.0588. The molecular weight excluding hydrogens is 320 g/mol. The predicted octanol–water partition coefficient (Wildman–Crippen LogP) is 3.50. The molecule has 1 aromatic heterocycles. The van der Waals surface area contributed by atoms with Crippen LogP contribution in [0.25, 0.3) is 20.8 Å². The second kappa shape index (κ2) is 6.48. The highest BCUT2D eigenvalue weighted by atomic mass is 32.1. The largest absolute Gasteiger partial charge is 0.382 e. The number of thiazole rings is 1. The van der Waals surface area contributed by atoms with Gasteiger partial charge in [-0.05, 0) is 30.7 Å². The molecule has 6 nitrogen and oxygen atoms in total. The average molecular weight is 334 g/mol. The van der Waals surface area contributed by atoms with Gasteiger partial charge in [-0.3, -0.25) is 10.8 Å². The summed E-state index contributed by atoms with van der Waals surface area (Å²) in [5.41, 5.74) is 11.6. The number of amidine groups is 1. The molecule has 4 N–H and O–H groups in total. The number of hydrazone groups is 1. The molecule has 0 bridgehead atoms. The molecule has 0 amide bonds. The van der Waals surface area contributed by atoms with Crippen molar-refractivity contribution in [1.29, 1.82) is 10.7 Å². The van der Waals surface area contributed by atoms with Crippen LogP contribution in [0.1, 0.15) is 5.56 Å². The lowest BCUT2D eigenvalue weighted by molar-refractivity contribution is 1.30. The fourth-order valence-electron chi connectivity index (χ4n) is 2.13. The molecule has 1 heterocycles. The van der Waals surface area contributed by atoms with Gasteiger partial charge in [-0.1, -0.05) is 24.3 Å². The van der Waals surface area contributed by atoms with E-state index in [-0.39, 0.29) is 11.5 Å². The van der Waals surface area contributed by atoms with Crippen molar-refractivity contribution in [2.24, 2.45) is 10.8 Å². The maximum absolute atomic E-state index is 8.91. The lowest BCUT2D eigenvalue weighted by Crippen LogP contribution is -2.21. The van der Waals surface area contributed by atoms with Crippen molar-refractivity contribution in [3.05, 3.63) is 48.0 Å². The molecule has 3 rings (SSSR count). The predicted molar refractivity (Wildman–Crippen MR) is 98.4 cm³/mol. The standard InChI is InChI=1S/C17H14N6S/c1-10-6-7-11(8-13(10)22-23-14(9-18)16(19)20)17-21-12-4-2-3-5-15(12)24-17/h2-8,22H,1H3,(H3,19,20)/b23-14+. The minimum absolute atomic E-state index is 0.153. The number of aromatic nitrogens is 1. The number of nitrogens with zero attached hydrogens (tertiary/aromatic N) is 3. The van der Waals surface area contributed by atoms with Gasteiger partial charge >= 0.3 is 0 Å². The third kappa shape index (κ3) is 3.09. The number of nitrogens with two attached hydrogens (primary N) is 1. The first kappa shape index (κ1) is 15.6. The molecule has 24 heavy (non-hydrogen) atoms. The summed E-state index contributed by atoms with van der Waals surface area (Å²) < 4.78 is 1.13. The van der Waals surface area contributed by atoms with E-state index in [1.807, 2.05) is 49.4 Å². The number of hydrogen-bond donors (Lipinski definition) is 3. The monoisotopic (exact) mass is 334 g/mol. The zero-order valence-electron chi connectivity index (χ0n) is 12.9. The minimum atomic E-state index is -0.370. The minimum Gasteiger partial charge on any atom is -0.382 e. The Labute approximate surface area is 142 Å². The van der Waals surface area contributed by atoms with Gasteiger partial charge in [-0.2, -0.15) is 10.4 Å². The number of benzene rings is 2. The summed E-state index contributed by atoms with van der Waals surface area (Å²) in [6.45, 7) is 1.93. The number of nitrogens with one attached hydrogen (secondary N) is 2. The van der Waals surface area contributed by atoms with Crippen molar-refractivity contribution in [3.8, 4) is 16.6 Å². The summed E-state index contributed by atoms with van der Waals surface area (Å²) in [4.78, 5) is 4.64. The molecular formula is C17H14N6S. The average Bonchev–Trinajstić information content (AvgIpc) is 3.00. The molecule has 0 aliphatic heterocycles. The van der Waals surface area contributed by atoms with Crippen LogP contribution in [0.15, 0.2) is 47.6 Å². The Kier molecular flexibility index (Phi) is 4.22. The van der Waals surface area contributed by atoms with Gasteiger partial charge < -0.3 is 5.73 Å². The van der Waals surface area contributed by atoms with E-state index in [9.17, 15) is 0 Å². The Morgan fingerprint density at radius 3 is 2.83 bits per heavy atom. The Morgan fingerprint density at radius 2 is 2.12 bits per heavy atom. The molecule has 0 aliphatic rings. The van der Waals surface area contributed by atoms with Crippen molar-refractivity contribution in [1.82, 2.24) is 4.98 Å². The van der Waals surface area contributed by atoms with Gasteiger partial charge in [0.2, 0.25) is 5.71 Å². The van der Waals surface area contributed by atoms with Crippen molar-refractivity contribution in [2.45, 2.75) is 6.92 Å². The number of aryl methyl sites for hydroxylation is 1.